The van der Waals surface area contributed by atoms with E-state index in [1.807, 2.05) is 19.1 Å². The molecule has 4 heteroatoms. The van der Waals surface area contributed by atoms with Crippen LogP contribution in [0.15, 0.2) is 41.3 Å². The number of anilines is 1. The SMILES string of the molecule is Cc1cc(SCc2c(F)cccc2F)ccc1N. The van der Waals surface area contributed by atoms with E-state index in [2.05, 4.69) is 0 Å². The third kappa shape index (κ3) is 2.82. The van der Waals surface area contributed by atoms with Crippen molar-refractivity contribution in [3.63, 3.8) is 0 Å². The number of hydrogen-bond donors (Lipinski definition) is 1. The molecule has 0 saturated carbocycles. The minimum absolute atomic E-state index is 0.108. The van der Waals surface area contributed by atoms with Gasteiger partial charge in [-0.2, -0.15) is 0 Å². The second-order valence-electron chi connectivity index (χ2n) is 4.01. The lowest BCUT2D eigenvalue weighted by Gasteiger charge is -2.06. The molecule has 0 aliphatic rings. The predicted molar refractivity (Wildman–Crippen MR) is 71.5 cm³/mol. The first-order chi connectivity index (χ1) is 8.58. The van der Waals surface area contributed by atoms with Crippen molar-refractivity contribution in [3.05, 3.63) is 59.2 Å². The smallest absolute Gasteiger partial charge is 0.130 e. The first-order valence-corrected chi connectivity index (χ1v) is 6.48. The molecule has 0 fully saturated rings. The third-order valence-corrected chi connectivity index (χ3v) is 3.71. The van der Waals surface area contributed by atoms with Crippen LogP contribution in [0.25, 0.3) is 0 Å². The molecule has 0 bridgehead atoms. The Hall–Kier alpha value is -1.55. The molecule has 0 aromatic heterocycles. The van der Waals surface area contributed by atoms with Gasteiger partial charge in [0, 0.05) is 21.9 Å². The van der Waals surface area contributed by atoms with Crippen LogP contribution in [-0.4, -0.2) is 0 Å². The van der Waals surface area contributed by atoms with Crippen molar-refractivity contribution >= 4 is 17.4 Å². The van der Waals surface area contributed by atoms with Gasteiger partial charge in [0.25, 0.3) is 0 Å². The van der Waals surface area contributed by atoms with Crippen molar-refractivity contribution in [1.82, 2.24) is 0 Å². The highest BCUT2D eigenvalue weighted by molar-refractivity contribution is 7.98. The Morgan fingerprint density at radius 2 is 1.78 bits per heavy atom. The maximum atomic E-state index is 13.4. The zero-order chi connectivity index (χ0) is 13.1. The molecule has 2 rings (SSSR count). The quantitative estimate of drug-likeness (QED) is 0.666. The molecule has 2 aromatic rings. The fourth-order valence-corrected chi connectivity index (χ4v) is 2.57. The summed E-state index contributed by atoms with van der Waals surface area (Å²) >= 11 is 1.39. The molecule has 0 spiro atoms. The van der Waals surface area contributed by atoms with Gasteiger partial charge in [-0.25, -0.2) is 8.78 Å². The fourth-order valence-electron chi connectivity index (χ4n) is 1.56. The summed E-state index contributed by atoms with van der Waals surface area (Å²) < 4.78 is 26.8. The lowest BCUT2D eigenvalue weighted by atomic mass is 10.2. The fraction of sp³-hybridized carbons (Fsp3) is 0.143. The number of nitrogen functional groups attached to an aromatic ring is 1. The Balaban J connectivity index is 2.14. The summed E-state index contributed by atoms with van der Waals surface area (Å²) in [5.41, 5.74) is 7.51. The minimum Gasteiger partial charge on any atom is -0.399 e. The van der Waals surface area contributed by atoms with E-state index in [-0.39, 0.29) is 11.3 Å². The van der Waals surface area contributed by atoms with E-state index in [4.69, 9.17) is 5.73 Å². The number of hydrogen-bond acceptors (Lipinski definition) is 2. The minimum atomic E-state index is -0.505. The van der Waals surface area contributed by atoms with Gasteiger partial charge in [-0.15, -0.1) is 11.8 Å². The molecule has 0 radical (unpaired) electrons. The zero-order valence-corrected chi connectivity index (χ0v) is 10.7. The lowest BCUT2D eigenvalue weighted by Crippen LogP contribution is -1.93. The molecule has 1 nitrogen and oxygen atoms in total. The van der Waals surface area contributed by atoms with Gasteiger partial charge < -0.3 is 5.73 Å². The Kier molecular flexibility index (Phi) is 3.87. The van der Waals surface area contributed by atoms with Gasteiger partial charge in [-0.1, -0.05) is 6.07 Å². The largest absolute Gasteiger partial charge is 0.399 e. The Labute approximate surface area is 109 Å². The highest BCUT2D eigenvalue weighted by Gasteiger charge is 2.08. The predicted octanol–water partition coefficient (Wildman–Crippen LogP) is 4.15. The number of aryl methyl sites for hydroxylation is 1. The Morgan fingerprint density at radius 3 is 2.39 bits per heavy atom. The first kappa shape index (κ1) is 12.9. The molecule has 0 aliphatic heterocycles. The van der Waals surface area contributed by atoms with Gasteiger partial charge >= 0.3 is 0 Å². The standard InChI is InChI=1S/C14H13F2NS/c1-9-7-10(5-6-14(9)17)18-8-11-12(15)3-2-4-13(11)16/h2-7H,8,17H2,1H3. The van der Waals surface area contributed by atoms with Gasteiger partial charge in [0.2, 0.25) is 0 Å². The summed E-state index contributed by atoms with van der Waals surface area (Å²) in [7, 11) is 0. The van der Waals surface area contributed by atoms with Crippen molar-refractivity contribution in [1.29, 1.82) is 0 Å². The van der Waals surface area contributed by atoms with Crippen molar-refractivity contribution in [2.45, 2.75) is 17.6 Å². The molecule has 0 saturated heterocycles. The van der Waals surface area contributed by atoms with Crippen LogP contribution < -0.4 is 5.73 Å². The van der Waals surface area contributed by atoms with Gasteiger partial charge in [-0.3, -0.25) is 0 Å². The third-order valence-electron chi connectivity index (χ3n) is 2.69. The second kappa shape index (κ2) is 5.40. The topological polar surface area (TPSA) is 26.0 Å². The van der Waals surface area contributed by atoms with E-state index in [9.17, 15) is 8.78 Å². The maximum Gasteiger partial charge on any atom is 0.130 e. The molecule has 94 valence electrons. The van der Waals surface area contributed by atoms with Gasteiger partial charge in [0.1, 0.15) is 11.6 Å². The summed E-state index contributed by atoms with van der Waals surface area (Å²) in [5.74, 6) is -0.744. The van der Waals surface area contributed by atoms with Crippen LogP contribution in [0.4, 0.5) is 14.5 Å². The van der Waals surface area contributed by atoms with Crippen molar-refractivity contribution in [2.24, 2.45) is 0 Å². The molecule has 2 aromatic carbocycles. The molecular weight excluding hydrogens is 252 g/mol. The highest BCUT2D eigenvalue weighted by Crippen LogP contribution is 2.27. The molecule has 0 unspecified atom stereocenters. The van der Waals surface area contributed by atoms with E-state index in [1.165, 1.54) is 30.0 Å². The van der Waals surface area contributed by atoms with Gasteiger partial charge in [0.15, 0.2) is 0 Å². The number of nitrogens with two attached hydrogens (primary N) is 1. The van der Waals surface area contributed by atoms with Crippen LogP contribution in [0.2, 0.25) is 0 Å². The van der Waals surface area contributed by atoms with Crippen LogP contribution in [0, 0.1) is 18.6 Å². The van der Waals surface area contributed by atoms with Crippen LogP contribution in [0.1, 0.15) is 11.1 Å². The first-order valence-electron chi connectivity index (χ1n) is 5.50. The van der Waals surface area contributed by atoms with E-state index < -0.39 is 11.6 Å². The van der Waals surface area contributed by atoms with E-state index in [0.717, 1.165) is 16.1 Å². The monoisotopic (exact) mass is 265 g/mol. The van der Waals surface area contributed by atoms with Gasteiger partial charge in [-0.05, 0) is 42.8 Å². The molecule has 0 aliphatic carbocycles. The number of rotatable bonds is 3. The van der Waals surface area contributed by atoms with Crippen molar-refractivity contribution in [3.8, 4) is 0 Å². The molecule has 0 amide bonds. The van der Waals surface area contributed by atoms with Crippen LogP contribution >= 0.6 is 11.8 Å². The molecular formula is C14H13F2NS. The maximum absolute atomic E-state index is 13.4. The summed E-state index contributed by atoms with van der Waals surface area (Å²) in [4.78, 5) is 0.948. The number of thioether (sulfide) groups is 1. The Bertz CT molecular complexity index is 549. The summed E-state index contributed by atoms with van der Waals surface area (Å²) in [6.07, 6.45) is 0. The molecule has 2 N–H and O–H groups in total. The zero-order valence-electron chi connectivity index (χ0n) is 9.91. The summed E-state index contributed by atoms with van der Waals surface area (Å²) in [6, 6.07) is 9.48. The highest BCUT2D eigenvalue weighted by atomic mass is 32.2. The van der Waals surface area contributed by atoms with Crippen LogP contribution in [-0.2, 0) is 5.75 Å². The summed E-state index contributed by atoms with van der Waals surface area (Å²) in [5, 5.41) is 0. The average molecular weight is 265 g/mol. The van der Waals surface area contributed by atoms with E-state index in [0.29, 0.717) is 0 Å². The normalized spacial score (nSPS) is 10.6. The lowest BCUT2D eigenvalue weighted by molar-refractivity contribution is 0.566. The number of halogens is 2. The van der Waals surface area contributed by atoms with Crippen molar-refractivity contribution < 1.29 is 8.78 Å². The number of benzene rings is 2. The van der Waals surface area contributed by atoms with E-state index in [1.54, 1.807) is 6.07 Å². The van der Waals surface area contributed by atoms with Gasteiger partial charge in [0.05, 0.1) is 0 Å². The van der Waals surface area contributed by atoms with Crippen LogP contribution in [0.5, 0.6) is 0 Å². The Morgan fingerprint density at radius 1 is 1.11 bits per heavy atom. The second-order valence-corrected chi connectivity index (χ2v) is 5.06. The molecule has 18 heavy (non-hydrogen) atoms. The summed E-state index contributed by atoms with van der Waals surface area (Å²) in [6.45, 7) is 1.91. The molecule has 0 heterocycles. The van der Waals surface area contributed by atoms with Crippen LogP contribution in [0.3, 0.4) is 0 Å². The molecule has 0 atom stereocenters. The average Bonchev–Trinajstić information content (AvgIpc) is 2.33. The van der Waals surface area contributed by atoms with Crippen molar-refractivity contribution in [2.75, 3.05) is 5.73 Å². The van der Waals surface area contributed by atoms with E-state index >= 15 is 0 Å².